The third-order valence-corrected chi connectivity index (χ3v) is 6.05. The van der Waals surface area contributed by atoms with Gasteiger partial charge in [0.1, 0.15) is 17.9 Å². The van der Waals surface area contributed by atoms with Gasteiger partial charge in [0, 0.05) is 25.9 Å². The summed E-state index contributed by atoms with van der Waals surface area (Å²) in [6.07, 6.45) is -2.43. The van der Waals surface area contributed by atoms with Crippen molar-refractivity contribution in [3.63, 3.8) is 0 Å². The van der Waals surface area contributed by atoms with Gasteiger partial charge in [0.05, 0.1) is 30.6 Å². The SMILES string of the molecule is CN(C)C(=O)C(c1ccc(C(F)(F)F)cc1F)n1cnc(NC(=O)[C@@H](COCc2ccccc2)NC(=O)C(C)(C)N)c1.Cl.Cl. The zero-order chi connectivity index (χ0) is 31.2. The maximum absolute atomic E-state index is 14.9. The van der Waals surface area contributed by atoms with Crippen LogP contribution in [-0.2, 0) is 31.9 Å². The van der Waals surface area contributed by atoms with Crippen LogP contribution in [-0.4, -0.2) is 64.5 Å². The number of likely N-dealkylation sites (N-methyl/N-ethyl adjacent to an activating group) is 1. The lowest BCUT2D eigenvalue weighted by atomic mass is 10.0. The molecule has 16 heteroatoms. The van der Waals surface area contributed by atoms with Crippen molar-refractivity contribution < 1.29 is 36.7 Å². The summed E-state index contributed by atoms with van der Waals surface area (Å²) in [7, 11) is 2.80. The molecule has 44 heavy (non-hydrogen) atoms. The molecule has 3 amide bonds. The first-order valence-corrected chi connectivity index (χ1v) is 12.7. The molecular formula is C28H34Cl2F4N6O4. The highest BCUT2D eigenvalue weighted by atomic mass is 35.5. The van der Waals surface area contributed by atoms with Gasteiger partial charge < -0.3 is 30.6 Å². The lowest BCUT2D eigenvalue weighted by Gasteiger charge is -2.24. The predicted molar refractivity (Wildman–Crippen MR) is 160 cm³/mol. The number of benzene rings is 2. The van der Waals surface area contributed by atoms with Crippen LogP contribution in [0.4, 0.5) is 23.4 Å². The number of amides is 3. The van der Waals surface area contributed by atoms with Gasteiger partial charge in [-0.15, -0.1) is 24.8 Å². The number of hydrogen-bond acceptors (Lipinski definition) is 6. The fourth-order valence-electron chi connectivity index (χ4n) is 3.74. The maximum atomic E-state index is 14.9. The van der Waals surface area contributed by atoms with Gasteiger partial charge in [-0.1, -0.05) is 36.4 Å². The van der Waals surface area contributed by atoms with E-state index in [4.69, 9.17) is 10.5 Å². The second kappa shape index (κ2) is 15.8. The number of aromatic nitrogens is 2. The zero-order valence-electron chi connectivity index (χ0n) is 24.2. The molecule has 1 heterocycles. The van der Waals surface area contributed by atoms with E-state index >= 15 is 0 Å². The van der Waals surface area contributed by atoms with Crippen molar-refractivity contribution >= 4 is 48.4 Å². The summed E-state index contributed by atoms with van der Waals surface area (Å²) in [5.41, 5.74) is 3.86. The van der Waals surface area contributed by atoms with Crippen molar-refractivity contribution in [1.29, 1.82) is 0 Å². The van der Waals surface area contributed by atoms with E-state index in [0.29, 0.717) is 12.1 Å². The van der Waals surface area contributed by atoms with Crippen LogP contribution in [0.3, 0.4) is 0 Å². The number of ether oxygens (including phenoxy) is 1. The second-order valence-corrected chi connectivity index (χ2v) is 10.3. The van der Waals surface area contributed by atoms with E-state index in [1.54, 1.807) is 0 Å². The molecule has 0 aliphatic heterocycles. The number of rotatable bonds is 11. The van der Waals surface area contributed by atoms with Crippen molar-refractivity contribution in [3.05, 3.63) is 83.6 Å². The summed E-state index contributed by atoms with van der Waals surface area (Å²) in [4.78, 5) is 43.9. The molecule has 0 bridgehead atoms. The number of hydrogen-bond donors (Lipinski definition) is 3. The number of anilines is 1. The average Bonchev–Trinajstić information content (AvgIpc) is 3.36. The van der Waals surface area contributed by atoms with Gasteiger partial charge in [0.25, 0.3) is 5.91 Å². The van der Waals surface area contributed by atoms with E-state index in [-0.39, 0.29) is 49.4 Å². The number of alkyl halides is 3. The summed E-state index contributed by atoms with van der Waals surface area (Å²) >= 11 is 0. The molecule has 2 atom stereocenters. The molecule has 0 radical (unpaired) electrons. The number of carbonyl (C=O) groups is 3. The number of nitrogens with zero attached hydrogens (tertiary/aromatic N) is 3. The van der Waals surface area contributed by atoms with Gasteiger partial charge in [-0.05, 0) is 31.5 Å². The third-order valence-electron chi connectivity index (χ3n) is 6.05. The molecule has 1 aromatic heterocycles. The molecule has 0 fully saturated rings. The Morgan fingerprint density at radius 2 is 1.70 bits per heavy atom. The molecule has 3 aromatic rings. The highest BCUT2D eigenvalue weighted by Crippen LogP contribution is 2.33. The summed E-state index contributed by atoms with van der Waals surface area (Å²) < 4.78 is 60.9. The van der Waals surface area contributed by atoms with Gasteiger partial charge in [-0.25, -0.2) is 9.37 Å². The Kier molecular flexibility index (Phi) is 13.8. The number of nitrogens with one attached hydrogen (secondary N) is 2. The Hall–Kier alpha value is -3.72. The Balaban J connectivity index is 0.00000484. The zero-order valence-corrected chi connectivity index (χ0v) is 25.9. The molecule has 0 saturated carbocycles. The van der Waals surface area contributed by atoms with E-state index in [0.717, 1.165) is 27.4 Å². The topological polar surface area (TPSA) is 132 Å². The van der Waals surface area contributed by atoms with Crippen LogP contribution in [0.25, 0.3) is 0 Å². The molecule has 3 rings (SSSR count). The third kappa shape index (κ3) is 10.2. The molecule has 2 aromatic carbocycles. The molecule has 242 valence electrons. The van der Waals surface area contributed by atoms with Crippen LogP contribution in [0.1, 0.15) is 36.6 Å². The quantitative estimate of drug-likeness (QED) is 0.266. The standard InChI is InChI=1S/C28H32F4N6O4.2ClH/c1-27(2,33)26(41)35-21(15-42-14-17-8-6-5-7-9-17)24(39)36-22-13-38(16-34-22)23(25(40)37(3)4)19-11-10-18(12-20(19)29)28(30,31)32;;/h5-13,16,21,23H,14-15,33H2,1-4H3,(H,35,41)(H,36,39);2*1H/t21-,23?;;/m1../s1. The summed E-state index contributed by atoms with van der Waals surface area (Å²) in [5, 5.41) is 5.05. The normalized spacial score (nSPS) is 12.7. The Morgan fingerprint density at radius 3 is 2.25 bits per heavy atom. The number of halogens is 6. The maximum Gasteiger partial charge on any atom is 0.416 e. The molecule has 0 saturated heterocycles. The van der Waals surface area contributed by atoms with Crippen molar-refractivity contribution in [1.82, 2.24) is 19.8 Å². The number of carbonyl (C=O) groups excluding carboxylic acids is 3. The second-order valence-electron chi connectivity index (χ2n) is 10.3. The Labute approximate surface area is 264 Å². The van der Waals surface area contributed by atoms with E-state index in [2.05, 4.69) is 15.6 Å². The first-order valence-electron chi connectivity index (χ1n) is 12.7. The van der Waals surface area contributed by atoms with Crippen molar-refractivity contribution in [2.24, 2.45) is 5.73 Å². The molecule has 0 spiro atoms. The van der Waals surface area contributed by atoms with E-state index < -0.39 is 52.9 Å². The lowest BCUT2D eigenvalue weighted by Crippen LogP contribution is -2.56. The van der Waals surface area contributed by atoms with Crippen LogP contribution in [0.2, 0.25) is 0 Å². The fraction of sp³-hybridized carbons (Fsp3) is 0.357. The Morgan fingerprint density at radius 1 is 1.07 bits per heavy atom. The highest BCUT2D eigenvalue weighted by molar-refractivity contribution is 5.98. The van der Waals surface area contributed by atoms with Crippen LogP contribution in [0.5, 0.6) is 0 Å². The number of imidazole rings is 1. The fourth-order valence-corrected chi connectivity index (χ4v) is 3.74. The molecule has 10 nitrogen and oxygen atoms in total. The highest BCUT2D eigenvalue weighted by Gasteiger charge is 2.34. The minimum absolute atomic E-state index is 0. The van der Waals surface area contributed by atoms with Gasteiger partial charge in [-0.3, -0.25) is 14.4 Å². The minimum atomic E-state index is -4.78. The van der Waals surface area contributed by atoms with Crippen LogP contribution < -0.4 is 16.4 Å². The average molecular weight is 666 g/mol. The summed E-state index contributed by atoms with van der Waals surface area (Å²) in [5.74, 6) is -3.31. The largest absolute Gasteiger partial charge is 0.416 e. The molecule has 1 unspecified atom stereocenters. The van der Waals surface area contributed by atoms with Crippen LogP contribution in [0, 0.1) is 5.82 Å². The predicted octanol–water partition coefficient (Wildman–Crippen LogP) is 3.94. The first-order chi connectivity index (χ1) is 19.6. The van der Waals surface area contributed by atoms with Gasteiger partial charge in [-0.2, -0.15) is 13.2 Å². The first kappa shape index (κ1) is 38.3. The van der Waals surface area contributed by atoms with Gasteiger partial charge >= 0.3 is 6.18 Å². The molecule has 0 aliphatic carbocycles. The molecule has 0 aliphatic rings. The van der Waals surface area contributed by atoms with E-state index in [1.165, 1.54) is 34.1 Å². The monoisotopic (exact) mass is 664 g/mol. The number of nitrogens with two attached hydrogens (primary N) is 1. The minimum Gasteiger partial charge on any atom is -0.374 e. The Bertz CT molecular complexity index is 1420. The van der Waals surface area contributed by atoms with Gasteiger partial charge in [0.2, 0.25) is 11.8 Å². The van der Waals surface area contributed by atoms with E-state index in [9.17, 15) is 31.9 Å². The van der Waals surface area contributed by atoms with Crippen LogP contribution >= 0.6 is 24.8 Å². The summed E-state index contributed by atoms with van der Waals surface area (Å²) in [6.45, 7) is 2.87. The van der Waals surface area contributed by atoms with Crippen molar-refractivity contribution in [3.8, 4) is 0 Å². The van der Waals surface area contributed by atoms with E-state index in [1.807, 2.05) is 30.3 Å². The molecular weight excluding hydrogens is 631 g/mol. The summed E-state index contributed by atoms with van der Waals surface area (Å²) in [6, 6.07) is 8.39. The lowest BCUT2D eigenvalue weighted by molar-refractivity contribution is -0.137. The molecule has 4 N–H and O–H groups in total. The van der Waals surface area contributed by atoms with Gasteiger partial charge in [0.15, 0.2) is 5.82 Å². The van der Waals surface area contributed by atoms with Crippen molar-refractivity contribution in [2.75, 3.05) is 26.0 Å². The van der Waals surface area contributed by atoms with Crippen molar-refractivity contribution in [2.45, 2.75) is 44.3 Å². The van der Waals surface area contributed by atoms with Crippen LogP contribution in [0.15, 0.2) is 61.1 Å². The smallest absolute Gasteiger partial charge is 0.374 e.